The zero-order chi connectivity index (χ0) is 19.6. The molecule has 3 aromatic carbocycles. The quantitative estimate of drug-likeness (QED) is 0.346. The van der Waals surface area contributed by atoms with E-state index in [0.717, 1.165) is 40.8 Å². The maximum Gasteiger partial charge on any atom is 0.248 e. The Morgan fingerprint density at radius 3 is 2.54 bits per heavy atom. The molecule has 0 spiro atoms. The van der Waals surface area contributed by atoms with Gasteiger partial charge in [-0.3, -0.25) is 4.79 Å². The number of anilines is 1. The van der Waals surface area contributed by atoms with Crippen molar-refractivity contribution in [1.29, 1.82) is 0 Å². The highest BCUT2D eigenvalue weighted by Gasteiger charge is 2.01. The van der Waals surface area contributed by atoms with Gasteiger partial charge in [0.25, 0.3) is 0 Å². The van der Waals surface area contributed by atoms with Crippen molar-refractivity contribution in [3.05, 3.63) is 78.4 Å². The first-order chi connectivity index (χ1) is 13.8. The summed E-state index contributed by atoms with van der Waals surface area (Å²) in [7, 11) is 0. The van der Waals surface area contributed by atoms with Gasteiger partial charge in [-0.25, -0.2) is 0 Å². The summed E-state index contributed by atoms with van der Waals surface area (Å²) in [6.45, 7) is 2.94. The molecule has 0 aliphatic rings. The lowest BCUT2D eigenvalue weighted by molar-refractivity contribution is -0.111. The number of ether oxygens (including phenoxy) is 1. The van der Waals surface area contributed by atoms with Crippen molar-refractivity contribution in [1.82, 2.24) is 0 Å². The van der Waals surface area contributed by atoms with Crippen LogP contribution in [-0.4, -0.2) is 12.5 Å². The fourth-order valence-corrected chi connectivity index (χ4v) is 3.10. The van der Waals surface area contributed by atoms with Crippen LogP contribution in [0.5, 0.6) is 5.75 Å². The largest absolute Gasteiger partial charge is 0.494 e. The molecule has 3 heteroatoms. The number of hydrogen-bond donors (Lipinski definition) is 1. The zero-order valence-corrected chi connectivity index (χ0v) is 16.4. The third-order valence-corrected chi connectivity index (χ3v) is 4.63. The van der Waals surface area contributed by atoms with Gasteiger partial charge in [-0.15, -0.1) is 0 Å². The van der Waals surface area contributed by atoms with E-state index in [1.165, 1.54) is 19.3 Å². The van der Waals surface area contributed by atoms with Gasteiger partial charge in [0.1, 0.15) is 5.75 Å². The summed E-state index contributed by atoms with van der Waals surface area (Å²) < 4.78 is 5.73. The molecule has 0 radical (unpaired) electrons. The summed E-state index contributed by atoms with van der Waals surface area (Å²) in [5.41, 5.74) is 1.78. The smallest absolute Gasteiger partial charge is 0.248 e. The van der Waals surface area contributed by atoms with Crippen LogP contribution in [0.1, 0.15) is 38.2 Å². The summed E-state index contributed by atoms with van der Waals surface area (Å²) in [5.74, 6) is 0.682. The summed E-state index contributed by atoms with van der Waals surface area (Å²) in [6, 6.07) is 21.8. The molecule has 28 heavy (non-hydrogen) atoms. The molecule has 0 saturated carbocycles. The molecule has 144 valence electrons. The van der Waals surface area contributed by atoms with Gasteiger partial charge in [-0.2, -0.15) is 0 Å². The molecule has 0 bridgehead atoms. The molecular weight excluding hydrogens is 346 g/mol. The molecule has 0 aliphatic carbocycles. The fraction of sp³-hybridized carbons (Fsp3) is 0.240. The number of hydrogen-bond acceptors (Lipinski definition) is 2. The van der Waals surface area contributed by atoms with Crippen LogP contribution in [0.2, 0.25) is 0 Å². The van der Waals surface area contributed by atoms with E-state index in [1.807, 2.05) is 54.6 Å². The number of unbranched alkanes of at least 4 members (excludes halogenated alkanes) is 3. The Hall–Kier alpha value is -3.07. The Labute approximate surface area is 167 Å². The fourth-order valence-electron chi connectivity index (χ4n) is 3.10. The summed E-state index contributed by atoms with van der Waals surface area (Å²) in [5, 5.41) is 5.19. The predicted molar refractivity (Wildman–Crippen MR) is 118 cm³/mol. The van der Waals surface area contributed by atoms with Crippen LogP contribution >= 0.6 is 0 Å². The van der Waals surface area contributed by atoms with Crippen molar-refractivity contribution < 1.29 is 9.53 Å². The molecule has 3 rings (SSSR count). The summed E-state index contributed by atoms with van der Waals surface area (Å²) in [4.78, 5) is 12.3. The summed E-state index contributed by atoms with van der Waals surface area (Å²) in [6.07, 6.45) is 8.17. The van der Waals surface area contributed by atoms with Gasteiger partial charge in [0, 0.05) is 11.8 Å². The van der Waals surface area contributed by atoms with E-state index in [2.05, 4.69) is 30.4 Å². The molecule has 1 N–H and O–H groups in total. The maximum atomic E-state index is 12.3. The molecule has 0 fully saturated rings. The van der Waals surface area contributed by atoms with Crippen LogP contribution < -0.4 is 10.1 Å². The first kappa shape index (κ1) is 19.7. The Morgan fingerprint density at radius 1 is 0.929 bits per heavy atom. The number of carbonyl (C=O) groups is 1. The Morgan fingerprint density at radius 2 is 1.71 bits per heavy atom. The van der Waals surface area contributed by atoms with Crippen LogP contribution in [0.25, 0.3) is 16.8 Å². The monoisotopic (exact) mass is 373 g/mol. The second kappa shape index (κ2) is 10.3. The van der Waals surface area contributed by atoms with Crippen LogP contribution in [-0.2, 0) is 4.79 Å². The molecule has 0 aliphatic heterocycles. The minimum Gasteiger partial charge on any atom is -0.494 e. The molecular formula is C25H27NO2. The van der Waals surface area contributed by atoms with E-state index in [9.17, 15) is 4.79 Å². The molecule has 0 saturated heterocycles. The number of fused-ring (bicyclic) bond motifs is 1. The highest BCUT2D eigenvalue weighted by atomic mass is 16.5. The van der Waals surface area contributed by atoms with Gasteiger partial charge < -0.3 is 10.1 Å². The average molecular weight is 373 g/mol. The number of rotatable bonds is 9. The second-order valence-electron chi connectivity index (χ2n) is 6.82. The van der Waals surface area contributed by atoms with Gasteiger partial charge in [0.05, 0.1) is 6.61 Å². The predicted octanol–water partition coefficient (Wildman–Crippen LogP) is 6.45. The Bertz CT molecular complexity index is 923. The van der Waals surface area contributed by atoms with E-state index < -0.39 is 0 Å². The topological polar surface area (TPSA) is 38.3 Å². The van der Waals surface area contributed by atoms with Crippen molar-refractivity contribution in [3.8, 4) is 5.75 Å². The van der Waals surface area contributed by atoms with Crippen molar-refractivity contribution in [2.24, 2.45) is 0 Å². The minimum absolute atomic E-state index is 0.152. The van der Waals surface area contributed by atoms with Gasteiger partial charge >= 0.3 is 0 Å². The van der Waals surface area contributed by atoms with E-state index in [4.69, 9.17) is 4.74 Å². The lowest BCUT2D eigenvalue weighted by atomic mass is 10.0. The molecule has 1 amide bonds. The van der Waals surface area contributed by atoms with Crippen molar-refractivity contribution in [2.45, 2.75) is 32.6 Å². The van der Waals surface area contributed by atoms with Gasteiger partial charge in [-0.05, 0) is 53.1 Å². The lowest BCUT2D eigenvalue weighted by Gasteiger charge is -2.07. The third-order valence-electron chi connectivity index (χ3n) is 4.63. The van der Waals surface area contributed by atoms with E-state index in [0.29, 0.717) is 0 Å². The van der Waals surface area contributed by atoms with E-state index in [-0.39, 0.29) is 5.91 Å². The molecule has 0 heterocycles. The minimum atomic E-state index is -0.152. The molecule has 0 aromatic heterocycles. The first-order valence-corrected chi connectivity index (χ1v) is 9.96. The van der Waals surface area contributed by atoms with Crippen LogP contribution in [0.4, 0.5) is 5.69 Å². The zero-order valence-electron chi connectivity index (χ0n) is 16.4. The average Bonchev–Trinajstić information content (AvgIpc) is 2.73. The highest BCUT2D eigenvalue weighted by molar-refractivity contribution is 6.03. The second-order valence-corrected chi connectivity index (χ2v) is 6.82. The normalized spacial score (nSPS) is 11.0. The number of nitrogens with one attached hydrogen (secondary N) is 1. The van der Waals surface area contributed by atoms with Crippen molar-refractivity contribution in [3.63, 3.8) is 0 Å². The summed E-state index contributed by atoms with van der Waals surface area (Å²) >= 11 is 0. The van der Waals surface area contributed by atoms with Gasteiger partial charge in [-0.1, -0.05) is 68.7 Å². The SMILES string of the molecule is CCCCCCOc1ccc(NC(=O)C=Cc2cccc3ccccc23)cc1. The van der Waals surface area contributed by atoms with Gasteiger partial charge in [0.15, 0.2) is 0 Å². The van der Waals surface area contributed by atoms with Crippen molar-refractivity contribution in [2.75, 3.05) is 11.9 Å². The molecule has 0 atom stereocenters. The maximum absolute atomic E-state index is 12.3. The molecule has 3 nitrogen and oxygen atoms in total. The number of amides is 1. The highest BCUT2D eigenvalue weighted by Crippen LogP contribution is 2.20. The van der Waals surface area contributed by atoms with Gasteiger partial charge in [0.2, 0.25) is 5.91 Å². The number of benzene rings is 3. The molecule has 3 aromatic rings. The van der Waals surface area contributed by atoms with Crippen molar-refractivity contribution >= 4 is 28.4 Å². The van der Waals surface area contributed by atoms with Crippen LogP contribution in [0.3, 0.4) is 0 Å². The number of carbonyl (C=O) groups excluding carboxylic acids is 1. The molecule has 0 unspecified atom stereocenters. The van der Waals surface area contributed by atoms with E-state index >= 15 is 0 Å². The van der Waals surface area contributed by atoms with Crippen LogP contribution in [0, 0.1) is 0 Å². The van der Waals surface area contributed by atoms with E-state index in [1.54, 1.807) is 6.08 Å². The third kappa shape index (κ3) is 5.71. The van der Waals surface area contributed by atoms with Crippen LogP contribution in [0.15, 0.2) is 72.8 Å². The standard InChI is InChI=1S/C25H27NO2/c1-2-3-4-7-19-28-23-16-14-22(15-17-23)26-25(27)18-13-21-11-8-10-20-9-5-6-12-24(20)21/h5-6,8-18H,2-4,7,19H2,1H3,(H,26,27). The lowest BCUT2D eigenvalue weighted by Crippen LogP contribution is -2.07. The first-order valence-electron chi connectivity index (χ1n) is 9.96. The Balaban J connectivity index is 1.53. The Kier molecular flexibility index (Phi) is 7.25.